The van der Waals surface area contributed by atoms with E-state index in [2.05, 4.69) is 79.3 Å². The van der Waals surface area contributed by atoms with E-state index in [0.29, 0.717) is 0 Å². The number of fused-ring (bicyclic) bond motifs is 1. The zero-order chi connectivity index (χ0) is 14.8. The first-order chi connectivity index (χ1) is 10.2. The summed E-state index contributed by atoms with van der Waals surface area (Å²) in [4.78, 5) is 0. The summed E-state index contributed by atoms with van der Waals surface area (Å²) in [6, 6.07) is 17.3. The summed E-state index contributed by atoms with van der Waals surface area (Å²) < 4.78 is 2.27. The second-order valence-electron chi connectivity index (χ2n) is 5.73. The van der Waals surface area contributed by atoms with Gasteiger partial charge in [-0.25, -0.2) is 0 Å². The first-order valence-corrected chi connectivity index (χ1v) is 7.46. The summed E-state index contributed by atoms with van der Waals surface area (Å²) in [6.45, 7) is 6.17. The molecular weight excluding hydrogens is 256 g/mol. The zero-order valence-electron chi connectivity index (χ0n) is 13.0. The quantitative estimate of drug-likeness (QED) is 0.760. The van der Waals surface area contributed by atoms with E-state index in [1.807, 2.05) is 0 Å². The molecule has 0 fully saturated rings. The number of rotatable bonds is 4. The van der Waals surface area contributed by atoms with Crippen molar-refractivity contribution in [2.24, 2.45) is 7.05 Å². The highest BCUT2D eigenvalue weighted by atomic mass is 15.0. The Balaban J connectivity index is 1.74. The van der Waals surface area contributed by atoms with E-state index in [4.69, 9.17) is 0 Å². The molecule has 2 heteroatoms. The zero-order valence-corrected chi connectivity index (χ0v) is 13.0. The number of para-hydroxylation sites is 1. The molecule has 1 aromatic heterocycles. The van der Waals surface area contributed by atoms with E-state index < -0.39 is 0 Å². The Morgan fingerprint density at radius 1 is 0.905 bits per heavy atom. The Labute approximate surface area is 126 Å². The average Bonchev–Trinajstić information content (AvgIpc) is 2.79. The lowest BCUT2D eigenvalue weighted by Gasteiger charge is -2.11. The predicted octanol–water partition coefficient (Wildman–Crippen LogP) is 4.08. The molecule has 2 aromatic carbocycles. The fourth-order valence-electron chi connectivity index (χ4n) is 2.96. The Morgan fingerprint density at radius 3 is 2.33 bits per heavy atom. The van der Waals surface area contributed by atoms with E-state index in [0.717, 1.165) is 13.1 Å². The highest BCUT2D eigenvalue weighted by Gasteiger charge is 2.06. The minimum Gasteiger partial charge on any atom is -0.346 e. The Bertz CT molecular complexity index is 748. The molecule has 1 N–H and O–H groups in total. The number of aryl methyl sites for hydroxylation is 3. The topological polar surface area (TPSA) is 17.0 Å². The molecule has 108 valence electrons. The van der Waals surface area contributed by atoms with Gasteiger partial charge in [0, 0.05) is 31.3 Å². The van der Waals surface area contributed by atoms with Gasteiger partial charge in [-0.2, -0.15) is 0 Å². The smallest absolute Gasteiger partial charge is 0.0480 e. The van der Waals surface area contributed by atoms with Crippen LogP contribution in [-0.4, -0.2) is 4.57 Å². The van der Waals surface area contributed by atoms with E-state index in [-0.39, 0.29) is 0 Å². The molecule has 0 unspecified atom stereocenters. The first kappa shape index (κ1) is 13.9. The maximum absolute atomic E-state index is 3.58. The van der Waals surface area contributed by atoms with Gasteiger partial charge in [-0.1, -0.05) is 36.4 Å². The largest absolute Gasteiger partial charge is 0.346 e. The molecule has 0 saturated carbocycles. The summed E-state index contributed by atoms with van der Waals surface area (Å²) >= 11 is 0. The van der Waals surface area contributed by atoms with Crippen molar-refractivity contribution < 1.29 is 0 Å². The maximum atomic E-state index is 3.58. The van der Waals surface area contributed by atoms with Crippen LogP contribution in [0.1, 0.15) is 22.4 Å². The third-order valence-electron chi connectivity index (χ3n) is 4.30. The summed E-state index contributed by atoms with van der Waals surface area (Å²) in [5.41, 5.74) is 6.75. The van der Waals surface area contributed by atoms with Crippen LogP contribution in [0.25, 0.3) is 10.9 Å². The van der Waals surface area contributed by atoms with Crippen molar-refractivity contribution >= 4 is 10.9 Å². The third kappa shape index (κ3) is 2.72. The molecule has 0 amide bonds. The molecule has 3 rings (SSSR count). The van der Waals surface area contributed by atoms with Crippen molar-refractivity contribution in [3.05, 3.63) is 70.9 Å². The molecule has 0 atom stereocenters. The Kier molecular flexibility index (Phi) is 3.80. The van der Waals surface area contributed by atoms with Gasteiger partial charge >= 0.3 is 0 Å². The van der Waals surface area contributed by atoms with E-state index >= 15 is 0 Å². The van der Waals surface area contributed by atoms with Crippen LogP contribution >= 0.6 is 0 Å². The molecule has 0 saturated heterocycles. The van der Waals surface area contributed by atoms with Gasteiger partial charge in [0.2, 0.25) is 0 Å². The minimum atomic E-state index is 0.888. The molecule has 0 aliphatic carbocycles. The lowest BCUT2D eigenvalue weighted by atomic mass is 10.0. The number of nitrogens with zero attached hydrogens (tertiary/aromatic N) is 1. The van der Waals surface area contributed by atoms with Crippen molar-refractivity contribution in [1.82, 2.24) is 9.88 Å². The predicted molar refractivity (Wildman–Crippen MR) is 89.4 cm³/mol. The van der Waals surface area contributed by atoms with E-state index in [9.17, 15) is 0 Å². The fourth-order valence-corrected chi connectivity index (χ4v) is 2.96. The SMILES string of the molecule is Cc1cccc(C)c1CNCc1cc2ccccc2n1C. The molecule has 0 spiro atoms. The van der Waals surface area contributed by atoms with Crippen molar-refractivity contribution in [1.29, 1.82) is 0 Å². The van der Waals surface area contributed by atoms with Crippen LogP contribution in [0.5, 0.6) is 0 Å². The van der Waals surface area contributed by atoms with E-state index in [1.54, 1.807) is 0 Å². The van der Waals surface area contributed by atoms with Crippen LogP contribution in [0.2, 0.25) is 0 Å². The number of hydrogen-bond donors (Lipinski definition) is 1. The second-order valence-corrected chi connectivity index (χ2v) is 5.73. The maximum Gasteiger partial charge on any atom is 0.0480 e. The van der Waals surface area contributed by atoms with Gasteiger partial charge in [0.15, 0.2) is 0 Å². The van der Waals surface area contributed by atoms with Gasteiger partial charge in [0.1, 0.15) is 0 Å². The fraction of sp³-hybridized carbons (Fsp3) is 0.263. The van der Waals surface area contributed by atoms with Crippen LogP contribution in [0.3, 0.4) is 0 Å². The van der Waals surface area contributed by atoms with Crippen LogP contribution in [0.15, 0.2) is 48.5 Å². The molecule has 21 heavy (non-hydrogen) atoms. The second kappa shape index (κ2) is 5.74. The van der Waals surface area contributed by atoms with Crippen molar-refractivity contribution in [2.45, 2.75) is 26.9 Å². The van der Waals surface area contributed by atoms with Crippen LogP contribution < -0.4 is 5.32 Å². The third-order valence-corrected chi connectivity index (χ3v) is 4.30. The molecule has 3 aromatic rings. The molecule has 0 bridgehead atoms. The number of nitrogens with one attached hydrogen (secondary N) is 1. The molecule has 2 nitrogen and oxygen atoms in total. The Morgan fingerprint density at radius 2 is 1.62 bits per heavy atom. The number of hydrogen-bond acceptors (Lipinski definition) is 1. The molecule has 0 radical (unpaired) electrons. The molecule has 0 aliphatic heterocycles. The van der Waals surface area contributed by atoms with Crippen LogP contribution in [0.4, 0.5) is 0 Å². The molecular formula is C19H22N2. The number of benzene rings is 2. The molecule has 0 aliphatic rings. The van der Waals surface area contributed by atoms with Gasteiger partial charge in [-0.15, -0.1) is 0 Å². The van der Waals surface area contributed by atoms with Crippen LogP contribution in [0, 0.1) is 13.8 Å². The summed E-state index contributed by atoms with van der Waals surface area (Å²) in [5, 5.41) is 4.89. The summed E-state index contributed by atoms with van der Waals surface area (Å²) in [6.07, 6.45) is 0. The Hall–Kier alpha value is -2.06. The minimum absolute atomic E-state index is 0.888. The summed E-state index contributed by atoms with van der Waals surface area (Å²) in [5.74, 6) is 0. The standard InChI is InChI=1S/C19H22N2/c1-14-7-6-8-15(2)18(14)13-20-12-17-11-16-9-4-5-10-19(16)21(17)3/h4-11,20H,12-13H2,1-3H3. The lowest BCUT2D eigenvalue weighted by molar-refractivity contribution is 0.656. The first-order valence-electron chi connectivity index (χ1n) is 7.46. The van der Waals surface area contributed by atoms with Crippen LogP contribution in [-0.2, 0) is 20.1 Å². The van der Waals surface area contributed by atoms with Gasteiger partial charge in [0.25, 0.3) is 0 Å². The highest BCUT2D eigenvalue weighted by molar-refractivity contribution is 5.81. The average molecular weight is 278 g/mol. The van der Waals surface area contributed by atoms with E-state index in [1.165, 1.54) is 33.3 Å². The van der Waals surface area contributed by atoms with Gasteiger partial charge < -0.3 is 9.88 Å². The van der Waals surface area contributed by atoms with Crippen molar-refractivity contribution in [3.63, 3.8) is 0 Å². The normalized spacial score (nSPS) is 11.2. The molecule has 1 heterocycles. The summed E-state index contributed by atoms with van der Waals surface area (Å²) in [7, 11) is 2.14. The van der Waals surface area contributed by atoms with Gasteiger partial charge in [0.05, 0.1) is 0 Å². The lowest BCUT2D eigenvalue weighted by Crippen LogP contribution is -2.16. The van der Waals surface area contributed by atoms with Crippen molar-refractivity contribution in [3.8, 4) is 0 Å². The van der Waals surface area contributed by atoms with Gasteiger partial charge in [-0.3, -0.25) is 0 Å². The highest BCUT2D eigenvalue weighted by Crippen LogP contribution is 2.18. The number of aromatic nitrogens is 1. The monoisotopic (exact) mass is 278 g/mol. The van der Waals surface area contributed by atoms with Gasteiger partial charge in [-0.05, 0) is 48.1 Å². The van der Waals surface area contributed by atoms with Crippen molar-refractivity contribution in [2.75, 3.05) is 0 Å².